The van der Waals surface area contributed by atoms with E-state index in [1.54, 1.807) is 12.1 Å². The van der Waals surface area contributed by atoms with E-state index >= 15 is 0 Å². The largest absolute Gasteiger partial charge is 0.342 e. The standard InChI is InChI=1S/C24H29FN2O2/c1-24(2,3)15-22(28)27-13-5-7-19(16-27)23(29)26-21-8-4-6-18(14-21)17-9-11-20(25)12-10-17/h4,6,8-12,14,19H,5,7,13,15-16H2,1-3H3,(H,26,29). The second kappa shape index (κ2) is 8.76. The number of hydrogen-bond donors (Lipinski definition) is 1. The number of carbonyl (C=O) groups excluding carboxylic acids is 2. The summed E-state index contributed by atoms with van der Waals surface area (Å²) >= 11 is 0. The number of rotatable bonds is 4. The Hall–Kier alpha value is -2.69. The van der Waals surface area contributed by atoms with Crippen molar-refractivity contribution in [2.45, 2.75) is 40.0 Å². The zero-order chi connectivity index (χ0) is 21.0. The summed E-state index contributed by atoms with van der Waals surface area (Å²) in [6.45, 7) is 7.34. The summed E-state index contributed by atoms with van der Waals surface area (Å²) in [6.07, 6.45) is 2.10. The monoisotopic (exact) mass is 396 g/mol. The molecule has 0 aromatic heterocycles. The Bertz CT molecular complexity index is 871. The van der Waals surface area contributed by atoms with Crippen LogP contribution in [0.2, 0.25) is 0 Å². The highest BCUT2D eigenvalue weighted by Crippen LogP contribution is 2.26. The molecule has 2 amide bonds. The van der Waals surface area contributed by atoms with Gasteiger partial charge in [-0.1, -0.05) is 45.0 Å². The number of amides is 2. The van der Waals surface area contributed by atoms with Crippen molar-refractivity contribution in [1.82, 2.24) is 4.90 Å². The second-order valence-electron chi connectivity index (χ2n) is 8.99. The van der Waals surface area contributed by atoms with Crippen molar-refractivity contribution in [2.75, 3.05) is 18.4 Å². The number of nitrogens with zero attached hydrogens (tertiary/aromatic N) is 1. The first-order valence-corrected chi connectivity index (χ1v) is 10.2. The Balaban J connectivity index is 1.64. The van der Waals surface area contributed by atoms with E-state index < -0.39 is 0 Å². The fourth-order valence-electron chi connectivity index (χ4n) is 3.65. The van der Waals surface area contributed by atoms with E-state index in [0.717, 1.165) is 30.5 Å². The summed E-state index contributed by atoms with van der Waals surface area (Å²) in [5, 5.41) is 2.99. The Morgan fingerprint density at radius 2 is 1.83 bits per heavy atom. The van der Waals surface area contributed by atoms with Crippen molar-refractivity contribution in [1.29, 1.82) is 0 Å². The molecule has 0 bridgehead atoms. The van der Waals surface area contributed by atoms with Gasteiger partial charge in [0.1, 0.15) is 5.82 Å². The zero-order valence-corrected chi connectivity index (χ0v) is 17.4. The summed E-state index contributed by atoms with van der Waals surface area (Å²) in [5.74, 6) is -0.425. The molecule has 0 aliphatic carbocycles. The van der Waals surface area contributed by atoms with Crippen LogP contribution in [-0.4, -0.2) is 29.8 Å². The number of benzene rings is 2. The van der Waals surface area contributed by atoms with E-state index in [1.165, 1.54) is 12.1 Å². The van der Waals surface area contributed by atoms with Crippen molar-refractivity contribution >= 4 is 17.5 Å². The maximum Gasteiger partial charge on any atom is 0.229 e. The predicted octanol–water partition coefficient (Wildman–Crippen LogP) is 5.11. The van der Waals surface area contributed by atoms with E-state index in [4.69, 9.17) is 0 Å². The number of hydrogen-bond acceptors (Lipinski definition) is 2. The normalized spacial score (nSPS) is 17.1. The summed E-state index contributed by atoms with van der Waals surface area (Å²) in [7, 11) is 0. The first-order chi connectivity index (χ1) is 13.7. The predicted molar refractivity (Wildman–Crippen MR) is 114 cm³/mol. The van der Waals surface area contributed by atoms with Gasteiger partial charge in [0.2, 0.25) is 11.8 Å². The lowest BCUT2D eigenvalue weighted by atomic mass is 9.90. The molecule has 1 fully saturated rings. The minimum Gasteiger partial charge on any atom is -0.342 e. The highest BCUT2D eigenvalue weighted by Gasteiger charge is 2.30. The lowest BCUT2D eigenvalue weighted by Gasteiger charge is -2.33. The molecule has 2 aromatic carbocycles. The molecule has 29 heavy (non-hydrogen) atoms. The molecule has 3 rings (SSSR count). The average Bonchev–Trinajstić information content (AvgIpc) is 2.67. The minimum absolute atomic E-state index is 0.0606. The maximum atomic E-state index is 13.2. The van der Waals surface area contributed by atoms with Crippen LogP contribution in [0, 0.1) is 17.2 Å². The van der Waals surface area contributed by atoms with E-state index in [-0.39, 0.29) is 29.0 Å². The molecule has 1 saturated heterocycles. The first kappa shape index (κ1) is 21.0. The van der Waals surface area contributed by atoms with Gasteiger partial charge < -0.3 is 10.2 Å². The SMILES string of the molecule is CC(C)(C)CC(=O)N1CCCC(C(=O)Nc2cccc(-c3ccc(F)cc3)c2)C1. The van der Waals surface area contributed by atoms with Crippen LogP contribution in [0.5, 0.6) is 0 Å². The van der Waals surface area contributed by atoms with Crippen LogP contribution in [0.1, 0.15) is 40.0 Å². The van der Waals surface area contributed by atoms with E-state index in [9.17, 15) is 14.0 Å². The van der Waals surface area contributed by atoms with E-state index in [1.807, 2.05) is 49.9 Å². The molecule has 1 unspecified atom stereocenters. The Kier molecular flexibility index (Phi) is 6.36. The molecule has 0 spiro atoms. The third-order valence-corrected chi connectivity index (χ3v) is 5.13. The van der Waals surface area contributed by atoms with Crippen molar-refractivity contribution in [3.8, 4) is 11.1 Å². The van der Waals surface area contributed by atoms with Crippen molar-refractivity contribution in [2.24, 2.45) is 11.3 Å². The zero-order valence-electron chi connectivity index (χ0n) is 17.4. The molecule has 0 saturated carbocycles. The minimum atomic E-state index is -0.277. The van der Waals surface area contributed by atoms with Gasteiger partial charge in [0.25, 0.3) is 0 Å². The fourth-order valence-corrected chi connectivity index (χ4v) is 3.65. The molecule has 4 nitrogen and oxygen atoms in total. The van der Waals surface area contributed by atoms with Crippen molar-refractivity contribution < 1.29 is 14.0 Å². The van der Waals surface area contributed by atoms with Crippen LogP contribution < -0.4 is 5.32 Å². The van der Waals surface area contributed by atoms with Gasteiger partial charge >= 0.3 is 0 Å². The number of anilines is 1. The van der Waals surface area contributed by atoms with E-state index in [0.29, 0.717) is 18.7 Å². The van der Waals surface area contributed by atoms with Crippen LogP contribution in [0.15, 0.2) is 48.5 Å². The van der Waals surface area contributed by atoms with Gasteiger partial charge in [-0.05, 0) is 53.6 Å². The molecule has 1 heterocycles. The van der Waals surface area contributed by atoms with Gasteiger partial charge in [0, 0.05) is 25.2 Å². The summed E-state index contributed by atoms with van der Waals surface area (Å²) in [5.41, 5.74) is 2.44. The second-order valence-corrected chi connectivity index (χ2v) is 8.99. The van der Waals surface area contributed by atoms with Crippen LogP contribution in [0.3, 0.4) is 0 Å². The molecular formula is C24H29FN2O2. The van der Waals surface area contributed by atoms with Gasteiger partial charge in [-0.2, -0.15) is 0 Å². The number of halogens is 1. The highest BCUT2D eigenvalue weighted by molar-refractivity contribution is 5.93. The third kappa shape index (κ3) is 5.89. The maximum absolute atomic E-state index is 13.2. The molecule has 2 aromatic rings. The quantitative estimate of drug-likeness (QED) is 0.781. The Morgan fingerprint density at radius 1 is 1.10 bits per heavy atom. The Labute approximate surface area is 172 Å². The van der Waals surface area contributed by atoms with Crippen LogP contribution in [0.25, 0.3) is 11.1 Å². The highest BCUT2D eigenvalue weighted by atomic mass is 19.1. The molecule has 0 radical (unpaired) electrons. The van der Waals surface area contributed by atoms with Crippen LogP contribution >= 0.6 is 0 Å². The van der Waals surface area contributed by atoms with Crippen LogP contribution in [-0.2, 0) is 9.59 Å². The fraction of sp³-hybridized carbons (Fsp3) is 0.417. The average molecular weight is 397 g/mol. The van der Waals surface area contributed by atoms with Gasteiger partial charge in [-0.15, -0.1) is 0 Å². The van der Waals surface area contributed by atoms with Gasteiger partial charge in [0.15, 0.2) is 0 Å². The topological polar surface area (TPSA) is 49.4 Å². The number of carbonyl (C=O) groups is 2. The van der Waals surface area contributed by atoms with Crippen molar-refractivity contribution in [3.63, 3.8) is 0 Å². The first-order valence-electron chi connectivity index (χ1n) is 10.2. The van der Waals surface area contributed by atoms with Gasteiger partial charge in [-0.25, -0.2) is 4.39 Å². The van der Waals surface area contributed by atoms with Gasteiger partial charge in [-0.3, -0.25) is 9.59 Å². The van der Waals surface area contributed by atoms with Crippen molar-refractivity contribution in [3.05, 3.63) is 54.3 Å². The van der Waals surface area contributed by atoms with E-state index in [2.05, 4.69) is 5.32 Å². The number of likely N-dealkylation sites (tertiary alicyclic amines) is 1. The number of nitrogens with one attached hydrogen (secondary N) is 1. The molecule has 154 valence electrons. The molecular weight excluding hydrogens is 367 g/mol. The molecule has 1 aliphatic heterocycles. The molecule has 5 heteroatoms. The number of piperidine rings is 1. The lowest BCUT2D eigenvalue weighted by molar-refractivity contribution is -0.136. The summed E-state index contributed by atoms with van der Waals surface area (Å²) in [6, 6.07) is 13.8. The summed E-state index contributed by atoms with van der Waals surface area (Å²) < 4.78 is 13.2. The smallest absolute Gasteiger partial charge is 0.229 e. The van der Waals surface area contributed by atoms with Crippen LogP contribution in [0.4, 0.5) is 10.1 Å². The lowest BCUT2D eigenvalue weighted by Crippen LogP contribution is -2.44. The third-order valence-electron chi connectivity index (χ3n) is 5.13. The molecule has 1 N–H and O–H groups in total. The molecule has 1 aliphatic rings. The summed E-state index contributed by atoms with van der Waals surface area (Å²) in [4.78, 5) is 27.2. The molecule has 1 atom stereocenters. The van der Waals surface area contributed by atoms with Gasteiger partial charge in [0.05, 0.1) is 5.92 Å². The Morgan fingerprint density at radius 3 is 2.52 bits per heavy atom.